The Bertz CT molecular complexity index is 46.1. The van der Waals surface area contributed by atoms with E-state index in [1.807, 2.05) is 0 Å². The van der Waals surface area contributed by atoms with E-state index in [1.165, 1.54) is 0 Å². The summed E-state index contributed by atoms with van der Waals surface area (Å²) in [6, 6.07) is 0. The normalized spacial score (nSPS) is 6.33. The van der Waals surface area contributed by atoms with Crippen LogP contribution in [-0.2, 0) is 31.0 Å². The molecule has 6 heavy (non-hydrogen) atoms. The van der Waals surface area contributed by atoms with E-state index in [0.29, 0.717) is 6.42 Å². The van der Waals surface area contributed by atoms with Crippen molar-refractivity contribution >= 4 is 16.8 Å². The van der Waals surface area contributed by atoms with Crippen molar-refractivity contribution in [2.24, 2.45) is 0 Å². The summed E-state index contributed by atoms with van der Waals surface area (Å²) in [6.45, 7) is 1.72. The first-order chi connectivity index (χ1) is 2.27. The van der Waals surface area contributed by atoms with Crippen molar-refractivity contribution in [2.45, 2.75) is 13.3 Å². The molecule has 0 N–H and O–H groups in total. The van der Waals surface area contributed by atoms with Crippen molar-refractivity contribution in [1.82, 2.24) is 0 Å². The quantitative estimate of drug-likeness (QED) is 0.558. The average molecular weight is 184 g/mol. The zero-order chi connectivity index (χ0) is 4.28. The van der Waals surface area contributed by atoms with Gasteiger partial charge in [-0.1, -0.05) is 6.92 Å². The van der Waals surface area contributed by atoms with Gasteiger partial charge in [-0.2, -0.15) is 0 Å². The van der Waals surface area contributed by atoms with E-state index in [0.717, 1.165) is 0 Å². The smallest absolute Gasteiger partial charge is 0.221 e. The Hall–Kier alpha value is 0.843. The van der Waals surface area contributed by atoms with Gasteiger partial charge in [-0.15, -0.1) is 0 Å². The Balaban J connectivity index is 0. The first kappa shape index (κ1) is 9.96. The number of hydrogen-bond acceptors (Lipinski definition) is 1. The summed E-state index contributed by atoms with van der Waals surface area (Å²) in [5.74, 6) is 0. The average Bonchev–Trinajstić information content (AvgIpc) is 1.38. The van der Waals surface area contributed by atoms with E-state index in [4.69, 9.17) is 11.6 Å². The van der Waals surface area contributed by atoms with Crippen LogP contribution in [0.5, 0.6) is 0 Å². The fraction of sp³-hybridized carbons (Fsp3) is 0.667. The largest absolute Gasteiger partial charge is 0.281 e. The van der Waals surface area contributed by atoms with Gasteiger partial charge in [0.2, 0.25) is 5.24 Å². The molecule has 0 bridgehead atoms. The number of carbonyl (C=O) groups excluding carboxylic acids is 1. The fourth-order valence-corrected chi connectivity index (χ4v) is 0. The molecule has 0 atom stereocenters. The van der Waals surface area contributed by atoms with Crippen LogP contribution < -0.4 is 0 Å². The van der Waals surface area contributed by atoms with Crippen LogP contribution in [0, 0.1) is 0 Å². The second-order valence-corrected chi connectivity index (χ2v) is 1.13. The Kier molecular flexibility index (Phi) is 9.70. The third-order valence-electron chi connectivity index (χ3n) is 0.278. The van der Waals surface area contributed by atoms with Crippen LogP contribution in [0.15, 0.2) is 0 Å². The van der Waals surface area contributed by atoms with E-state index in [2.05, 4.69) is 0 Å². The van der Waals surface area contributed by atoms with Gasteiger partial charge in [0.15, 0.2) is 0 Å². The maximum absolute atomic E-state index is 9.58. The van der Waals surface area contributed by atoms with Gasteiger partial charge in [-0.25, -0.2) is 0 Å². The third-order valence-corrected chi connectivity index (χ3v) is 0.545. The van der Waals surface area contributed by atoms with Crippen LogP contribution in [0.25, 0.3) is 0 Å². The maximum Gasteiger partial charge on any atom is 0.221 e. The van der Waals surface area contributed by atoms with Crippen LogP contribution in [0.2, 0.25) is 0 Å². The molecule has 0 aromatic heterocycles. The molecule has 0 aliphatic rings. The maximum atomic E-state index is 9.58. The summed E-state index contributed by atoms with van der Waals surface area (Å²) in [4.78, 5) is 9.58. The van der Waals surface area contributed by atoms with Gasteiger partial charge in [-0.05, 0) is 11.6 Å². The van der Waals surface area contributed by atoms with Gasteiger partial charge >= 0.3 is 0 Å². The van der Waals surface area contributed by atoms with Crippen LogP contribution in [-0.4, -0.2) is 5.24 Å². The van der Waals surface area contributed by atoms with Crippen molar-refractivity contribution in [2.75, 3.05) is 0 Å². The molecule has 0 aromatic rings. The molecule has 0 amide bonds. The Morgan fingerprint density at radius 3 is 2.00 bits per heavy atom. The predicted molar refractivity (Wildman–Crippen MR) is 21.2 cm³/mol. The summed E-state index contributed by atoms with van der Waals surface area (Å²) in [6.07, 6.45) is 0.432. The molecule has 0 radical (unpaired) electrons. The fourth-order valence-electron chi connectivity index (χ4n) is 0. The molecule has 0 saturated heterocycles. The number of hydrogen-bond donors (Lipinski definition) is 0. The van der Waals surface area contributed by atoms with Crippen molar-refractivity contribution in [1.29, 1.82) is 0 Å². The van der Waals surface area contributed by atoms with Crippen LogP contribution in [0.4, 0.5) is 0 Å². The van der Waals surface area contributed by atoms with E-state index in [1.54, 1.807) is 6.92 Å². The Morgan fingerprint density at radius 2 is 2.00 bits per heavy atom. The molecule has 3 heteroatoms. The molecular formula is C3H5ClOZr. The van der Waals surface area contributed by atoms with Crippen LogP contribution in [0.3, 0.4) is 0 Å². The summed E-state index contributed by atoms with van der Waals surface area (Å²) in [5.41, 5.74) is 0. The summed E-state index contributed by atoms with van der Waals surface area (Å²) in [5, 5.41) is -0.273. The monoisotopic (exact) mass is 182 g/mol. The molecule has 0 aromatic carbocycles. The minimum Gasteiger partial charge on any atom is -0.281 e. The predicted octanol–water partition coefficient (Wildman–Crippen LogP) is 1.16. The number of carbonyl (C=O) groups is 1. The molecule has 0 unspecified atom stereocenters. The molecule has 34 valence electrons. The summed E-state index contributed by atoms with van der Waals surface area (Å²) >= 11 is 4.82. The molecular weight excluding hydrogens is 179 g/mol. The standard InChI is InChI=1S/C3H5ClO.Zr/c1-2-3(4)5;/h2H2,1H3;. The first-order valence-corrected chi connectivity index (χ1v) is 1.83. The molecule has 0 heterocycles. The van der Waals surface area contributed by atoms with E-state index in [9.17, 15) is 4.79 Å². The summed E-state index contributed by atoms with van der Waals surface area (Å²) < 4.78 is 0. The van der Waals surface area contributed by atoms with Crippen LogP contribution >= 0.6 is 11.6 Å². The molecule has 1 nitrogen and oxygen atoms in total. The van der Waals surface area contributed by atoms with Gasteiger partial charge < -0.3 is 0 Å². The minimum atomic E-state index is -0.273. The second-order valence-electron chi connectivity index (χ2n) is 0.709. The first-order valence-electron chi connectivity index (χ1n) is 1.45. The van der Waals surface area contributed by atoms with Crippen molar-refractivity contribution in [3.05, 3.63) is 0 Å². The van der Waals surface area contributed by atoms with E-state index >= 15 is 0 Å². The van der Waals surface area contributed by atoms with Crippen LogP contribution in [0.1, 0.15) is 13.3 Å². The second kappa shape index (κ2) is 5.84. The number of halogens is 1. The van der Waals surface area contributed by atoms with Gasteiger partial charge in [0.1, 0.15) is 0 Å². The molecule has 0 fully saturated rings. The molecule has 0 aliphatic carbocycles. The van der Waals surface area contributed by atoms with Gasteiger partial charge in [0.05, 0.1) is 0 Å². The molecule has 0 aliphatic heterocycles. The van der Waals surface area contributed by atoms with E-state index in [-0.39, 0.29) is 31.4 Å². The molecule has 0 spiro atoms. The molecule has 0 rings (SSSR count). The minimum absolute atomic E-state index is 0. The Labute approximate surface area is 61.2 Å². The topological polar surface area (TPSA) is 17.1 Å². The molecule has 0 saturated carbocycles. The van der Waals surface area contributed by atoms with Crippen molar-refractivity contribution < 1.29 is 31.0 Å². The zero-order valence-corrected chi connectivity index (χ0v) is 6.71. The van der Waals surface area contributed by atoms with Crippen molar-refractivity contribution in [3.63, 3.8) is 0 Å². The van der Waals surface area contributed by atoms with Gasteiger partial charge in [-0.3, -0.25) is 4.79 Å². The zero-order valence-electron chi connectivity index (χ0n) is 3.49. The van der Waals surface area contributed by atoms with Gasteiger partial charge in [0.25, 0.3) is 0 Å². The van der Waals surface area contributed by atoms with E-state index < -0.39 is 0 Å². The summed E-state index contributed by atoms with van der Waals surface area (Å²) in [7, 11) is 0. The SMILES string of the molecule is CCC(=O)Cl.[Zr]. The van der Waals surface area contributed by atoms with Crippen molar-refractivity contribution in [3.8, 4) is 0 Å². The third kappa shape index (κ3) is 8.85. The van der Waals surface area contributed by atoms with Gasteiger partial charge in [0, 0.05) is 32.6 Å². The number of rotatable bonds is 1. The Morgan fingerprint density at radius 1 is 1.83 bits per heavy atom.